The zero-order valence-corrected chi connectivity index (χ0v) is 16.8. The van der Waals surface area contributed by atoms with Crippen molar-refractivity contribution in [1.29, 1.82) is 0 Å². The topological polar surface area (TPSA) is 95.6 Å². The summed E-state index contributed by atoms with van der Waals surface area (Å²) >= 11 is 0. The van der Waals surface area contributed by atoms with Crippen molar-refractivity contribution in [2.45, 2.75) is 6.18 Å². The lowest BCUT2D eigenvalue weighted by Crippen LogP contribution is -2.10. The zero-order chi connectivity index (χ0) is 22.9. The summed E-state index contributed by atoms with van der Waals surface area (Å²) in [5.74, 6) is -0.178. The van der Waals surface area contributed by atoms with Crippen molar-refractivity contribution in [3.8, 4) is 22.4 Å². The van der Waals surface area contributed by atoms with Gasteiger partial charge in [0.25, 0.3) is 0 Å². The number of aromatic nitrogens is 4. The van der Waals surface area contributed by atoms with Crippen molar-refractivity contribution in [2.24, 2.45) is 0 Å². The minimum atomic E-state index is -4.59. The summed E-state index contributed by atoms with van der Waals surface area (Å²) in [4.78, 5) is 27.5. The highest BCUT2D eigenvalue weighted by molar-refractivity contribution is 6.00. The number of nitrogens with zero attached hydrogens (tertiary/aromatic N) is 3. The lowest BCUT2D eigenvalue weighted by Gasteiger charge is -2.13. The Bertz CT molecular complexity index is 1330. The van der Waals surface area contributed by atoms with Crippen LogP contribution >= 0.6 is 0 Å². The number of amides is 1. The van der Waals surface area contributed by atoms with Gasteiger partial charge in [0.05, 0.1) is 11.3 Å². The van der Waals surface area contributed by atoms with Gasteiger partial charge in [0.1, 0.15) is 5.65 Å². The molecule has 0 saturated carbocycles. The van der Waals surface area contributed by atoms with E-state index in [9.17, 15) is 18.0 Å². The minimum Gasteiger partial charge on any atom is -0.357 e. The second kappa shape index (κ2) is 8.14. The van der Waals surface area contributed by atoms with E-state index in [4.69, 9.17) is 0 Å². The number of alkyl halides is 3. The van der Waals surface area contributed by atoms with Gasteiger partial charge in [0.15, 0.2) is 0 Å². The highest BCUT2D eigenvalue weighted by Crippen LogP contribution is 2.36. The minimum absolute atomic E-state index is 0.00331. The van der Waals surface area contributed by atoms with Crippen molar-refractivity contribution in [2.75, 3.05) is 17.7 Å². The fourth-order valence-corrected chi connectivity index (χ4v) is 3.23. The summed E-state index contributed by atoms with van der Waals surface area (Å²) in [6.45, 7) is 3.33. The third-order valence-corrected chi connectivity index (χ3v) is 4.73. The van der Waals surface area contributed by atoms with E-state index >= 15 is 0 Å². The molecule has 1 amide bonds. The summed E-state index contributed by atoms with van der Waals surface area (Å²) in [5, 5.41) is 5.93. The number of H-pyrrole nitrogens is 1. The molecule has 7 nitrogen and oxygen atoms in total. The molecule has 0 aliphatic heterocycles. The summed E-state index contributed by atoms with van der Waals surface area (Å²) in [5.41, 5.74) is 1.71. The maximum absolute atomic E-state index is 13.5. The van der Waals surface area contributed by atoms with Crippen molar-refractivity contribution < 1.29 is 18.0 Å². The van der Waals surface area contributed by atoms with Gasteiger partial charge in [-0.25, -0.2) is 15.0 Å². The van der Waals surface area contributed by atoms with Gasteiger partial charge in [-0.3, -0.25) is 4.79 Å². The van der Waals surface area contributed by atoms with Crippen LogP contribution in [0.1, 0.15) is 5.56 Å². The maximum Gasteiger partial charge on any atom is 0.416 e. The molecule has 0 aliphatic rings. The molecule has 4 aromatic rings. The van der Waals surface area contributed by atoms with Crippen LogP contribution in [0.4, 0.5) is 24.8 Å². The maximum atomic E-state index is 13.5. The van der Waals surface area contributed by atoms with Gasteiger partial charge in [-0.15, -0.1) is 0 Å². The number of carbonyl (C=O) groups is 1. The molecule has 32 heavy (non-hydrogen) atoms. The number of nitrogens with one attached hydrogen (secondary N) is 3. The molecule has 10 heteroatoms. The number of hydrogen-bond acceptors (Lipinski definition) is 5. The van der Waals surface area contributed by atoms with Crippen LogP contribution in [-0.2, 0) is 11.0 Å². The Labute approximate surface area is 180 Å². The van der Waals surface area contributed by atoms with Crippen molar-refractivity contribution in [1.82, 2.24) is 19.9 Å². The van der Waals surface area contributed by atoms with E-state index in [-0.39, 0.29) is 11.3 Å². The second-order valence-electron chi connectivity index (χ2n) is 6.83. The van der Waals surface area contributed by atoms with Crippen LogP contribution in [-0.4, -0.2) is 32.9 Å². The van der Waals surface area contributed by atoms with E-state index in [1.807, 2.05) is 0 Å². The van der Waals surface area contributed by atoms with Crippen LogP contribution < -0.4 is 10.6 Å². The van der Waals surface area contributed by atoms with Crippen molar-refractivity contribution in [3.63, 3.8) is 0 Å². The molecule has 0 unspecified atom stereocenters. The molecule has 0 fully saturated rings. The normalized spacial score (nSPS) is 11.4. The summed E-state index contributed by atoms with van der Waals surface area (Å²) in [7, 11) is 1.70. The number of aromatic amines is 1. The van der Waals surface area contributed by atoms with E-state index < -0.39 is 17.6 Å². The SMILES string of the molecule is C=CC(=O)Nc1cc(-c2cnc3[nH]cc(-c4ccnc(NC)n4)c3c2)cc(C(F)(F)F)c1. The Kier molecular flexibility index (Phi) is 5.35. The fraction of sp³-hybridized carbons (Fsp3) is 0.0909. The fourth-order valence-electron chi connectivity index (χ4n) is 3.23. The quantitative estimate of drug-likeness (QED) is 0.387. The van der Waals surface area contributed by atoms with Gasteiger partial charge in [0.2, 0.25) is 11.9 Å². The molecule has 162 valence electrons. The average Bonchev–Trinajstić information content (AvgIpc) is 3.21. The summed E-state index contributed by atoms with van der Waals surface area (Å²) in [6, 6.07) is 6.80. The molecule has 4 rings (SSSR count). The summed E-state index contributed by atoms with van der Waals surface area (Å²) < 4.78 is 40.4. The Morgan fingerprint density at radius 1 is 1.16 bits per heavy atom. The predicted molar refractivity (Wildman–Crippen MR) is 116 cm³/mol. The highest BCUT2D eigenvalue weighted by atomic mass is 19.4. The number of carbonyl (C=O) groups excluding carboxylic acids is 1. The number of pyridine rings is 1. The molecule has 3 N–H and O–H groups in total. The molecule has 0 bridgehead atoms. The standard InChI is InChI=1S/C22H17F3N6O/c1-3-19(32)30-15-7-12(6-14(9-15)22(23,24)25)13-8-16-17(11-29-20(16)28-10-13)18-4-5-27-21(26-2)31-18/h3-11H,1H2,2H3,(H,28,29)(H,30,32)(H,26,27,31). The molecular weight excluding hydrogens is 421 g/mol. The van der Waals surface area contributed by atoms with Crippen molar-refractivity contribution >= 4 is 28.6 Å². The third-order valence-electron chi connectivity index (χ3n) is 4.73. The summed E-state index contributed by atoms with van der Waals surface area (Å²) in [6.07, 6.45) is 1.19. The average molecular weight is 438 g/mol. The zero-order valence-electron chi connectivity index (χ0n) is 16.8. The number of anilines is 2. The Hall–Kier alpha value is -4.21. The van der Waals surface area contributed by atoms with E-state index in [1.165, 1.54) is 12.3 Å². The Morgan fingerprint density at radius 3 is 2.69 bits per heavy atom. The van der Waals surface area contributed by atoms with Crippen LogP contribution in [0.25, 0.3) is 33.4 Å². The van der Waals surface area contributed by atoms with Crippen molar-refractivity contribution in [3.05, 3.63) is 67.1 Å². The van der Waals surface area contributed by atoms with Gasteiger partial charge >= 0.3 is 6.18 Å². The predicted octanol–water partition coefficient (Wildman–Crippen LogP) is 4.87. The van der Waals surface area contributed by atoms with Crippen LogP contribution in [0.2, 0.25) is 0 Å². The molecule has 0 saturated heterocycles. The van der Waals surface area contributed by atoms with Gasteiger partial charge < -0.3 is 15.6 Å². The van der Waals surface area contributed by atoms with Crippen LogP contribution in [0.15, 0.2) is 61.6 Å². The first kappa shape index (κ1) is 21.0. The molecule has 3 heterocycles. The van der Waals surface area contributed by atoms with E-state index in [2.05, 4.69) is 37.1 Å². The third kappa shape index (κ3) is 4.15. The first-order valence-electron chi connectivity index (χ1n) is 9.43. The number of benzene rings is 1. The second-order valence-corrected chi connectivity index (χ2v) is 6.83. The van der Waals surface area contributed by atoms with Crippen LogP contribution in [0, 0.1) is 0 Å². The highest BCUT2D eigenvalue weighted by Gasteiger charge is 2.31. The molecule has 0 atom stereocenters. The number of fused-ring (bicyclic) bond motifs is 1. The van der Waals surface area contributed by atoms with E-state index in [1.54, 1.807) is 31.6 Å². The Morgan fingerprint density at radius 2 is 1.97 bits per heavy atom. The lowest BCUT2D eigenvalue weighted by atomic mass is 10.0. The number of rotatable bonds is 5. The first-order chi connectivity index (χ1) is 15.3. The molecule has 0 spiro atoms. The Balaban J connectivity index is 1.85. The van der Waals surface area contributed by atoms with Crippen LogP contribution in [0.5, 0.6) is 0 Å². The van der Waals surface area contributed by atoms with E-state index in [0.717, 1.165) is 23.8 Å². The molecule has 1 aromatic carbocycles. The smallest absolute Gasteiger partial charge is 0.357 e. The van der Waals surface area contributed by atoms with Gasteiger partial charge in [-0.05, 0) is 42.0 Å². The molecular formula is C22H17F3N6O. The van der Waals surface area contributed by atoms with Gasteiger partial charge in [-0.2, -0.15) is 13.2 Å². The van der Waals surface area contributed by atoms with Gasteiger partial charge in [0, 0.05) is 47.8 Å². The molecule has 0 radical (unpaired) electrons. The van der Waals surface area contributed by atoms with Gasteiger partial charge in [-0.1, -0.05) is 6.58 Å². The molecule has 0 aliphatic carbocycles. The molecule has 3 aromatic heterocycles. The largest absolute Gasteiger partial charge is 0.416 e. The lowest BCUT2D eigenvalue weighted by molar-refractivity contribution is -0.137. The first-order valence-corrected chi connectivity index (χ1v) is 9.43. The number of hydrogen-bond donors (Lipinski definition) is 3. The monoisotopic (exact) mass is 438 g/mol. The number of halogens is 3. The van der Waals surface area contributed by atoms with E-state index in [0.29, 0.717) is 28.2 Å². The van der Waals surface area contributed by atoms with Crippen LogP contribution in [0.3, 0.4) is 0 Å².